The van der Waals surface area contributed by atoms with E-state index in [0.29, 0.717) is 5.56 Å². The van der Waals surface area contributed by atoms with Gasteiger partial charge in [0.15, 0.2) is 0 Å². The summed E-state index contributed by atoms with van der Waals surface area (Å²) in [5.74, 6) is -0.0200. The van der Waals surface area contributed by atoms with Crippen LogP contribution < -0.4 is 10.6 Å². The van der Waals surface area contributed by atoms with Crippen molar-refractivity contribution in [2.75, 3.05) is 13.1 Å². The summed E-state index contributed by atoms with van der Waals surface area (Å²) in [6, 6.07) is 0.256. The second kappa shape index (κ2) is 5.12. The summed E-state index contributed by atoms with van der Waals surface area (Å²) in [4.78, 5) is 11.8. The van der Waals surface area contributed by atoms with E-state index in [4.69, 9.17) is 0 Å². The highest BCUT2D eigenvalue weighted by atomic mass is 16.1. The lowest BCUT2D eigenvalue weighted by Gasteiger charge is -2.23. The Balaban J connectivity index is 1.91. The highest BCUT2D eigenvalue weighted by molar-refractivity contribution is 5.93. The summed E-state index contributed by atoms with van der Waals surface area (Å²) in [6.07, 6.45) is 5.58. The number of carbonyl (C=O) groups is 1. The van der Waals surface area contributed by atoms with Crippen LogP contribution >= 0.6 is 0 Å². The molecule has 5 heteroatoms. The molecule has 1 unspecified atom stereocenters. The van der Waals surface area contributed by atoms with Crippen molar-refractivity contribution in [2.45, 2.75) is 32.4 Å². The molecule has 1 aromatic rings. The van der Waals surface area contributed by atoms with Gasteiger partial charge in [0.1, 0.15) is 0 Å². The van der Waals surface area contributed by atoms with Crippen LogP contribution in [0.25, 0.3) is 0 Å². The lowest BCUT2D eigenvalue weighted by atomic mass is 10.1. The third kappa shape index (κ3) is 2.61. The van der Waals surface area contributed by atoms with E-state index in [0.717, 1.165) is 32.5 Å². The predicted molar refractivity (Wildman–Crippen MR) is 61.3 cm³/mol. The van der Waals surface area contributed by atoms with Crippen molar-refractivity contribution in [2.24, 2.45) is 0 Å². The van der Waals surface area contributed by atoms with Gasteiger partial charge in [-0.2, -0.15) is 5.10 Å². The van der Waals surface area contributed by atoms with Gasteiger partial charge in [-0.25, -0.2) is 0 Å². The Labute approximate surface area is 95.2 Å². The molecule has 1 saturated heterocycles. The molecule has 0 radical (unpaired) electrons. The van der Waals surface area contributed by atoms with Crippen LogP contribution in [0.4, 0.5) is 0 Å². The number of rotatable bonds is 3. The van der Waals surface area contributed by atoms with Crippen molar-refractivity contribution in [3.8, 4) is 0 Å². The van der Waals surface area contributed by atoms with Gasteiger partial charge in [0, 0.05) is 25.3 Å². The Hall–Kier alpha value is -1.36. The van der Waals surface area contributed by atoms with Gasteiger partial charge in [0.05, 0.1) is 11.8 Å². The zero-order valence-corrected chi connectivity index (χ0v) is 9.57. The number of hydrogen-bond acceptors (Lipinski definition) is 3. The second-order valence-corrected chi connectivity index (χ2v) is 4.10. The molecule has 1 amide bonds. The fourth-order valence-corrected chi connectivity index (χ4v) is 1.90. The number of amides is 1. The predicted octanol–water partition coefficient (Wildman–Crippen LogP) is 0.385. The van der Waals surface area contributed by atoms with Crippen LogP contribution in [-0.2, 0) is 6.54 Å². The van der Waals surface area contributed by atoms with Crippen LogP contribution in [0.3, 0.4) is 0 Å². The Bertz CT molecular complexity index is 355. The third-order valence-electron chi connectivity index (χ3n) is 2.85. The highest BCUT2D eigenvalue weighted by Gasteiger charge is 2.16. The minimum Gasteiger partial charge on any atom is -0.348 e. The molecule has 1 aliphatic rings. The Kier molecular flexibility index (Phi) is 3.56. The molecular formula is C11H18N4O. The first-order chi connectivity index (χ1) is 7.79. The molecule has 5 nitrogen and oxygen atoms in total. The fraction of sp³-hybridized carbons (Fsp3) is 0.636. The minimum atomic E-state index is -0.0200. The summed E-state index contributed by atoms with van der Waals surface area (Å²) in [5.41, 5.74) is 0.646. The van der Waals surface area contributed by atoms with Crippen molar-refractivity contribution in [3.05, 3.63) is 18.0 Å². The van der Waals surface area contributed by atoms with E-state index in [1.165, 1.54) is 0 Å². The molecule has 2 rings (SSSR count). The summed E-state index contributed by atoms with van der Waals surface area (Å²) in [7, 11) is 0. The maximum Gasteiger partial charge on any atom is 0.254 e. The van der Waals surface area contributed by atoms with Gasteiger partial charge in [-0.3, -0.25) is 9.48 Å². The van der Waals surface area contributed by atoms with E-state index in [1.807, 2.05) is 6.92 Å². The van der Waals surface area contributed by atoms with Crippen molar-refractivity contribution < 1.29 is 4.79 Å². The average Bonchev–Trinajstić information content (AvgIpc) is 2.79. The smallest absolute Gasteiger partial charge is 0.254 e. The van der Waals surface area contributed by atoms with Gasteiger partial charge < -0.3 is 10.6 Å². The van der Waals surface area contributed by atoms with E-state index in [9.17, 15) is 4.79 Å². The van der Waals surface area contributed by atoms with E-state index in [-0.39, 0.29) is 11.9 Å². The standard InChI is InChI=1S/C11H18N4O/c1-2-15-8-9(6-13-15)11(16)14-10-4-3-5-12-7-10/h6,8,10,12H,2-5,7H2,1H3,(H,14,16). The highest BCUT2D eigenvalue weighted by Crippen LogP contribution is 2.04. The normalized spacial score (nSPS) is 20.7. The van der Waals surface area contributed by atoms with E-state index in [2.05, 4.69) is 15.7 Å². The van der Waals surface area contributed by atoms with Crippen molar-refractivity contribution >= 4 is 5.91 Å². The molecule has 0 aliphatic carbocycles. The number of hydrogen-bond donors (Lipinski definition) is 2. The topological polar surface area (TPSA) is 59.0 Å². The Morgan fingerprint density at radius 2 is 2.62 bits per heavy atom. The molecule has 0 saturated carbocycles. The van der Waals surface area contributed by atoms with Gasteiger partial charge in [0.2, 0.25) is 0 Å². The average molecular weight is 222 g/mol. The van der Waals surface area contributed by atoms with Crippen LogP contribution in [0.15, 0.2) is 12.4 Å². The monoisotopic (exact) mass is 222 g/mol. The van der Waals surface area contributed by atoms with Gasteiger partial charge in [-0.15, -0.1) is 0 Å². The molecule has 88 valence electrons. The molecule has 1 fully saturated rings. The van der Waals surface area contributed by atoms with Crippen LogP contribution in [0, 0.1) is 0 Å². The molecular weight excluding hydrogens is 204 g/mol. The summed E-state index contributed by atoms with van der Waals surface area (Å²) >= 11 is 0. The number of carbonyl (C=O) groups excluding carboxylic acids is 1. The van der Waals surface area contributed by atoms with Crippen molar-refractivity contribution in [3.63, 3.8) is 0 Å². The third-order valence-corrected chi connectivity index (χ3v) is 2.85. The van der Waals surface area contributed by atoms with Crippen LogP contribution in [0.5, 0.6) is 0 Å². The van der Waals surface area contributed by atoms with Gasteiger partial charge in [-0.05, 0) is 26.3 Å². The number of aryl methyl sites for hydroxylation is 1. The van der Waals surface area contributed by atoms with Gasteiger partial charge in [-0.1, -0.05) is 0 Å². The maximum atomic E-state index is 11.8. The van der Waals surface area contributed by atoms with Gasteiger partial charge in [0.25, 0.3) is 5.91 Å². The summed E-state index contributed by atoms with van der Waals surface area (Å²) in [6.45, 7) is 4.71. The van der Waals surface area contributed by atoms with Crippen molar-refractivity contribution in [1.82, 2.24) is 20.4 Å². The van der Waals surface area contributed by atoms with Crippen LogP contribution in [0.1, 0.15) is 30.1 Å². The lowest BCUT2D eigenvalue weighted by Crippen LogP contribution is -2.45. The molecule has 1 atom stereocenters. The first-order valence-electron chi connectivity index (χ1n) is 5.83. The molecule has 16 heavy (non-hydrogen) atoms. The van der Waals surface area contributed by atoms with Crippen LogP contribution in [-0.4, -0.2) is 34.8 Å². The quantitative estimate of drug-likeness (QED) is 0.777. The van der Waals surface area contributed by atoms with E-state index >= 15 is 0 Å². The zero-order chi connectivity index (χ0) is 11.4. The Morgan fingerprint density at radius 1 is 1.75 bits per heavy atom. The van der Waals surface area contributed by atoms with E-state index < -0.39 is 0 Å². The summed E-state index contributed by atoms with van der Waals surface area (Å²) < 4.78 is 1.76. The molecule has 0 spiro atoms. The first kappa shape index (κ1) is 11.1. The number of nitrogens with zero attached hydrogens (tertiary/aromatic N) is 2. The zero-order valence-electron chi connectivity index (χ0n) is 9.57. The lowest BCUT2D eigenvalue weighted by molar-refractivity contribution is 0.0930. The maximum absolute atomic E-state index is 11.8. The van der Waals surface area contributed by atoms with Crippen LogP contribution in [0.2, 0.25) is 0 Å². The summed E-state index contributed by atoms with van der Waals surface area (Å²) in [5, 5.41) is 10.4. The van der Waals surface area contributed by atoms with E-state index in [1.54, 1.807) is 17.1 Å². The molecule has 1 aromatic heterocycles. The Morgan fingerprint density at radius 3 is 3.25 bits per heavy atom. The molecule has 0 bridgehead atoms. The molecule has 2 heterocycles. The first-order valence-corrected chi connectivity index (χ1v) is 5.83. The fourth-order valence-electron chi connectivity index (χ4n) is 1.90. The SMILES string of the molecule is CCn1cc(C(=O)NC2CCCNC2)cn1. The largest absolute Gasteiger partial charge is 0.348 e. The number of piperidine rings is 1. The number of nitrogens with one attached hydrogen (secondary N) is 2. The molecule has 0 aromatic carbocycles. The number of aromatic nitrogens is 2. The van der Waals surface area contributed by atoms with Crippen molar-refractivity contribution in [1.29, 1.82) is 0 Å². The molecule has 2 N–H and O–H groups in total. The minimum absolute atomic E-state index is 0.0200. The molecule has 1 aliphatic heterocycles. The second-order valence-electron chi connectivity index (χ2n) is 4.10. The van der Waals surface area contributed by atoms with Gasteiger partial charge >= 0.3 is 0 Å².